The molecule has 0 spiro atoms. The first-order valence-corrected chi connectivity index (χ1v) is 11.7. The highest BCUT2D eigenvalue weighted by molar-refractivity contribution is 6.24. The summed E-state index contributed by atoms with van der Waals surface area (Å²) >= 11 is 0. The number of carbonyl (C=O) groups is 2. The van der Waals surface area contributed by atoms with Gasteiger partial charge in [-0.05, 0) is 67.4 Å². The van der Waals surface area contributed by atoms with E-state index in [4.69, 9.17) is 9.73 Å². The van der Waals surface area contributed by atoms with Crippen LogP contribution >= 0.6 is 0 Å². The molecule has 0 aromatic heterocycles. The van der Waals surface area contributed by atoms with Gasteiger partial charge in [0.15, 0.2) is 0 Å². The van der Waals surface area contributed by atoms with Crippen molar-refractivity contribution in [2.45, 2.75) is 25.8 Å². The molecule has 0 bridgehead atoms. The van der Waals surface area contributed by atoms with E-state index in [1.54, 1.807) is 19.1 Å². The molecule has 34 heavy (non-hydrogen) atoms. The molecule has 6 nitrogen and oxygen atoms in total. The summed E-state index contributed by atoms with van der Waals surface area (Å²) in [5, 5.41) is 2.93. The molecule has 2 aliphatic rings. The van der Waals surface area contributed by atoms with E-state index in [-0.39, 0.29) is 5.91 Å². The van der Waals surface area contributed by atoms with Crippen molar-refractivity contribution in [3.05, 3.63) is 95.1 Å². The van der Waals surface area contributed by atoms with E-state index in [2.05, 4.69) is 22.3 Å². The van der Waals surface area contributed by atoms with Gasteiger partial charge in [-0.1, -0.05) is 48.5 Å². The number of carbonyl (C=O) groups excluding carboxylic acids is 2. The summed E-state index contributed by atoms with van der Waals surface area (Å²) in [5.74, 6) is -1.14. The van der Waals surface area contributed by atoms with Gasteiger partial charge >= 0.3 is 5.97 Å². The average Bonchev–Trinajstić information content (AvgIpc) is 3.16. The lowest BCUT2D eigenvalue weighted by Crippen LogP contribution is -2.36. The Hall–Kier alpha value is -3.77. The minimum atomic E-state index is -0.575. The van der Waals surface area contributed by atoms with Crippen molar-refractivity contribution in [2.75, 3.05) is 25.0 Å². The van der Waals surface area contributed by atoms with Gasteiger partial charge in [0.2, 0.25) is 5.91 Å². The molecule has 1 saturated heterocycles. The zero-order valence-electron chi connectivity index (χ0n) is 19.2. The molecule has 1 amide bonds. The molecule has 1 unspecified atom stereocenters. The summed E-state index contributed by atoms with van der Waals surface area (Å²) in [5.41, 5.74) is 5.46. The van der Waals surface area contributed by atoms with Crippen molar-refractivity contribution in [1.82, 2.24) is 4.90 Å². The number of nitrogens with one attached hydrogen (secondary N) is 1. The van der Waals surface area contributed by atoms with Crippen LogP contribution in [0.3, 0.4) is 0 Å². The van der Waals surface area contributed by atoms with Crippen LogP contribution in [-0.2, 0) is 16.1 Å². The Balaban J connectivity index is 1.50. The number of amides is 1. The molecule has 1 N–H and O–H groups in total. The van der Waals surface area contributed by atoms with Gasteiger partial charge in [-0.25, -0.2) is 4.79 Å². The van der Waals surface area contributed by atoms with Gasteiger partial charge in [-0.15, -0.1) is 0 Å². The summed E-state index contributed by atoms with van der Waals surface area (Å²) < 4.78 is 5.10. The summed E-state index contributed by atoms with van der Waals surface area (Å²) in [7, 11) is 0. The van der Waals surface area contributed by atoms with Crippen LogP contribution in [0.5, 0.6) is 0 Å². The maximum Gasteiger partial charge on any atom is 0.338 e. The van der Waals surface area contributed by atoms with E-state index < -0.39 is 11.9 Å². The van der Waals surface area contributed by atoms with Gasteiger partial charge < -0.3 is 10.1 Å². The van der Waals surface area contributed by atoms with Gasteiger partial charge in [-0.2, -0.15) is 0 Å². The number of esters is 1. The maximum absolute atomic E-state index is 13.1. The van der Waals surface area contributed by atoms with Crippen molar-refractivity contribution in [3.63, 3.8) is 0 Å². The summed E-state index contributed by atoms with van der Waals surface area (Å²) in [4.78, 5) is 32.7. The number of benzene rings is 3. The largest absolute Gasteiger partial charge is 0.462 e. The lowest BCUT2D eigenvalue weighted by atomic mass is 9.90. The highest BCUT2D eigenvalue weighted by Gasteiger charge is 2.36. The number of rotatable bonds is 7. The smallest absolute Gasteiger partial charge is 0.338 e. The average molecular weight is 454 g/mol. The molecule has 3 aromatic carbocycles. The Morgan fingerprint density at radius 2 is 1.79 bits per heavy atom. The van der Waals surface area contributed by atoms with Crippen LogP contribution in [0.15, 0.2) is 77.8 Å². The van der Waals surface area contributed by atoms with E-state index in [9.17, 15) is 9.59 Å². The molecule has 0 saturated carbocycles. The molecule has 2 aliphatic heterocycles. The standard InChI is InChI=1S/C28H27N3O3/c1-2-34-28(33)21-11-14-23-24(17-21)30-27(32)25(23)26(20-7-4-3-5-8-20)29-22-12-9-19(10-13-22)18-31-15-6-16-31/h3-5,7-14,17,25H,2,6,15-16,18H2,1H3,(H,30,32). The number of hydrogen-bond donors (Lipinski definition) is 1. The number of aliphatic imine (C=N–C) groups is 1. The van der Waals surface area contributed by atoms with Crippen LogP contribution in [0.4, 0.5) is 11.4 Å². The first kappa shape index (κ1) is 22.0. The van der Waals surface area contributed by atoms with Gasteiger partial charge in [0.25, 0.3) is 0 Å². The molecule has 5 rings (SSSR count). The number of ether oxygens (including phenoxy) is 1. The van der Waals surface area contributed by atoms with E-state index in [1.807, 2.05) is 48.5 Å². The van der Waals surface area contributed by atoms with Crippen molar-refractivity contribution in [2.24, 2.45) is 4.99 Å². The second-order valence-corrected chi connectivity index (χ2v) is 8.60. The van der Waals surface area contributed by atoms with Crippen LogP contribution in [-0.4, -0.2) is 42.2 Å². The number of anilines is 1. The number of nitrogens with zero attached hydrogens (tertiary/aromatic N) is 2. The molecular formula is C28H27N3O3. The highest BCUT2D eigenvalue weighted by Crippen LogP contribution is 2.37. The van der Waals surface area contributed by atoms with Crippen molar-refractivity contribution < 1.29 is 14.3 Å². The molecule has 1 atom stereocenters. The highest BCUT2D eigenvalue weighted by atomic mass is 16.5. The lowest BCUT2D eigenvalue weighted by Gasteiger charge is -2.30. The van der Waals surface area contributed by atoms with E-state index >= 15 is 0 Å². The summed E-state index contributed by atoms with van der Waals surface area (Å²) in [6, 6.07) is 23.2. The summed E-state index contributed by atoms with van der Waals surface area (Å²) in [6.45, 7) is 5.34. The Morgan fingerprint density at radius 1 is 1.03 bits per heavy atom. The van der Waals surface area contributed by atoms with Gasteiger partial charge in [0.1, 0.15) is 5.92 Å². The Morgan fingerprint density at radius 3 is 2.47 bits per heavy atom. The minimum absolute atomic E-state index is 0.159. The second-order valence-electron chi connectivity index (χ2n) is 8.60. The molecule has 2 heterocycles. The minimum Gasteiger partial charge on any atom is -0.462 e. The number of hydrogen-bond acceptors (Lipinski definition) is 5. The molecule has 6 heteroatoms. The van der Waals surface area contributed by atoms with Gasteiger partial charge in [0, 0.05) is 12.2 Å². The molecule has 172 valence electrons. The van der Waals surface area contributed by atoms with Crippen molar-refractivity contribution in [3.8, 4) is 0 Å². The topological polar surface area (TPSA) is 71.0 Å². The fraction of sp³-hybridized carbons (Fsp3) is 0.250. The Kier molecular flexibility index (Phi) is 6.23. The fourth-order valence-electron chi connectivity index (χ4n) is 4.39. The number of likely N-dealkylation sites (tertiary alicyclic amines) is 1. The predicted molar refractivity (Wildman–Crippen MR) is 133 cm³/mol. The third-order valence-corrected chi connectivity index (χ3v) is 6.28. The molecule has 0 radical (unpaired) electrons. The zero-order chi connectivity index (χ0) is 23.5. The number of fused-ring (bicyclic) bond motifs is 1. The first-order chi connectivity index (χ1) is 16.6. The molecular weight excluding hydrogens is 426 g/mol. The zero-order valence-corrected chi connectivity index (χ0v) is 19.2. The van der Waals surface area contributed by atoms with Crippen molar-refractivity contribution >= 4 is 29.0 Å². The monoisotopic (exact) mass is 453 g/mol. The molecule has 3 aromatic rings. The lowest BCUT2D eigenvalue weighted by molar-refractivity contribution is -0.115. The Labute approximate surface area is 199 Å². The SMILES string of the molecule is CCOC(=O)c1ccc2c(c1)NC(=O)C2C(=Nc1ccc(CN2CCC2)cc1)c1ccccc1. The van der Waals surface area contributed by atoms with Gasteiger partial charge in [-0.3, -0.25) is 14.7 Å². The van der Waals surface area contributed by atoms with E-state index in [0.717, 1.165) is 36.4 Å². The van der Waals surface area contributed by atoms with Crippen LogP contribution < -0.4 is 5.32 Å². The van der Waals surface area contributed by atoms with Crippen LogP contribution in [0.2, 0.25) is 0 Å². The Bertz CT molecular complexity index is 1230. The van der Waals surface area contributed by atoms with Crippen LogP contribution in [0.25, 0.3) is 0 Å². The second kappa shape index (κ2) is 9.61. The quantitative estimate of drug-likeness (QED) is 0.407. The molecule has 1 fully saturated rings. The van der Waals surface area contributed by atoms with E-state index in [0.29, 0.717) is 23.6 Å². The maximum atomic E-state index is 13.1. The first-order valence-electron chi connectivity index (χ1n) is 11.7. The fourth-order valence-corrected chi connectivity index (χ4v) is 4.39. The normalized spacial score (nSPS) is 17.6. The predicted octanol–water partition coefficient (Wildman–Crippen LogP) is 4.93. The van der Waals surface area contributed by atoms with Gasteiger partial charge in [0.05, 0.1) is 23.6 Å². The third-order valence-electron chi connectivity index (χ3n) is 6.28. The van der Waals surface area contributed by atoms with E-state index in [1.165, 1.54) is 12.0 Å². The van der Waals surface area contributed by atoms with Crippen LogP contribution in [0.1, 0.15) is 46.3 Å². The van der Waals surface area contributed by atoms with Crippen molar-refractivity contribution in [1.29, 1.82) is 0 Å². The third kappa shape index (κ3) is 4.50. The molecule has 0 aliphatic carbocycles. The van der Waals surface area contributed by atoms with Crippen LogP contribution in [0, 0.1) is 0 Å². The summed E-state index contributed by atoms with van der Waals surface area (Å²) in [6.07, 6.45) is 1.27.